The van der Waals surface area contributed by atoms with Gasteiger partial charge in [-0.3, -0.25) is 14.5 Å². The molecule has 1 fully saturated rings. The lowest BCUT2D eigenvalue weighted by molar-refractivity contribution is -0.133. The molecule has 1 aliphatic heterocycles. The van der Waals surface area contributed by atoms with Gasteiger partial charge in [0.2, 0.25) is 5.91 Å². The molecule has 0 radical (unpaired) electrons. The third-order valence-corrected chi connectivity index (χ3v) is 4.60. The van der Waals surface area contributed by atoms with Gasteiger partial charge >= 0.3 is 6.03 Å². The third kappa shape index (κ3) is 3.47. The van der Waals surface area contributed by atoms with Crippen LogP contribution < -0.4 is 10.6 Å². The summed E-state index contributed by atoms with van der Waals surface area (Å²) >= 11 is 1.55. The molecule has 1 aliphatic rings. The van der Waals surface area contributed by atoms with Crippen LogP contribution in [0.4, 0.5) is 4.79 Å². The number of hydrogen-bond donors (Lipinski definition) is 2. The lowest BCUT2D eigenvalue weighted by Crippen LogP contribution is -2.43. The normalized spacial score (nSPS) is 20.0. The molecule has 0 spiro atoms. The van der Waals surface area contributed by atoms with Gasteiger partial charge in [-0.25, -0.2) is 4.79 Å². The summed E-state index contributed by atoms with van der Waals surface area (Å²) in [4.78, 5) is 38.3. The quantitative estimate of drug-likeness (QED) is 0.831. The number of rotatable bonds is 4. The minimum Gasteiger partial charge on any atom is -0.347 e. The fourth-order valence-electron chi connectivity index (χ4n) is 2.30. The predicted molar refractivity (Wildman–Crippen MR) is 84.4 cm³/mol. The zero-order valence-electron chi connectivity index (χ0n) is 13.2. The van der Waals surface area contributed by atoms with Crippen molar-refractivity contribution < 1.29 is 14.4 Å². The molecule has 1 aromatic rings. The summed E-state index contributed by atoms with van der Waals surface area (Å²) in [7, 11) is 0. The van der Waals surface area contributed by atoms with Gasteiger partial charge < -0.3 is 10.6 Å². The van der Waals surface area contributed by atoms with Crippen molar-refractivity contribution in [3.8, 4) is 0 Å². The monoisotopic (exact) mass is 323 g/mol. The Kier molecular flexibility index (Phi) is 4.55. The number of carbonyl (C=O) groups excluding carboxylic acids is 3. The summed E-state index contributed by atoms with van der Waals surface area (Å²) in [6.07, 6.45) is 0. The fourth-order valence-corrected chi connectivity index (χ4v) is 3.03. The van der Waals surface area contributed by atoms with Crippen LogP contribution in [-0.4, -0.2) is 35.3 Å². The van der Waals surface area contributed by atoms with E-state index in [9.17, 15) is 14.4 Å². The van der Waals surface area contributed by atoms with E-state index in [0.717, 1.165) is 9.78 Å². The van der Waals surface area contributed by atoms with Gasteiger partial charge in [0.1, 0.15) is 12.6 Å². The molecule has 0 aromatic carbocycles. The smallest absolute Gasteiger partial charge is 0.325 e. The first-order valence-corrected chi connectivity index (χ1v) is 8.02. The van der Waals surface area contributed by atoms with E-state index in [2.05, 4.69) is 10.6 Å². The summed E-state index contributed by atoms with van der Waals surface area (Å²) in [5.74, 6) is -0.699. The molecule has 6 nitrogen and oxygen atoms in total. The lowest BCUT2D eigenvalue weighted by Gasteiger charge is -2.24. The highest BCUT2D eigenvalue weighted by molar-refractivity contribution is 7.10. The van der Waals surface area contributed by atoms with Crippen LogP contribution in [0.2, 0.25) is 0 Å². The number of urea groups is 1. The van der Waals surface area contributed by atoms with Crippen LogP contribution in [0.3, 0.4) is 0 Å². The van der Waals surface area contributed by atoms with Gasteiger partial charge in [0.05, 0.1) is 6.04 Å². The second-order valence-electron chi connectivity index (χ2n) is 6.48. The average molecular weight is 323 g/mol. The second kappa shape index (κ2) is 6.08. The third-order valence-electron chi connectivity index (χ3n) is 3.54. The molecule has 120 valence electrons. The van der Waals surface area contributed by atoms with Crippen LogP contribution in [0, 0.1) is 5.41 Å². The summed E-state index contributed by atoms with van der Waals surface area (Å²) in [5, 5.41) is 7.37. The first kappa shape index (κ1) is 16.5. The van der Waals surface area contributed by atoms with E-state index in [0.29, 0.717) is 0 Å². The minimum atomic E-state index is -0.595. The van der Waals surface area contributed by atoms with Gasteiger partial charge in [0, 0.05) is 4.88 Å². The van der Waals surface area contributed by atoms with Gasteiger partial charge in [-0.15, -0.1) is 11.3 Å². The molecule has 2 heterocycles. The first-order chi connectivity index (χ1) is 10.2. The van der Waals surface area contributed by atoms with Crippen LogP contribution in [-0.2, 0) is 9.59 Å². The van der Waals surface area contributed by atoms with Gasteiger partial charge in [0.15, 0.2) is 0 Å². The van der Waals surface area contributed by atoms with Gasteiger partial charge in [0.25, 0.3) is 5.91 Å². The Balaban J connectivity index is 1.97. The van der Waals surface area contributed by atoms with Crippen molar-refractivity contribution in [2.75, 3.05) is 6.54 Å². The van der Waals surface area contributed by atoms with Crippen molar-refractivity contribution in [2.24, 2.45) is 5.41 Å². The molecule has 0 bridgehead atoms. The SMILES string of the molecule is CC(NC(=O)CN1C(=O)NC(C(C)(C)C)C1=O)c1cccs1. The number of thiophene rings is 1. The first-order valence-electron chi connectivity index (χ1n) is 7.15. The van der Waals surface area contributed by atoms with E-state index in [1.807, 2.05) is 45.2 Å². The maximum absolute atomic E-state index is 12.3. The molecule has 2 N–H and O–H groups in total. The van der Waals surface area contributed by atoms with Crippen molar-refractivity contribution in [1.29, 1.82) is 0 Å². The van der Waals surface area contributed by atoms with Crippen molar-refractivity contribution >= 4 is 29.2 Å². The number of amides is 4. The lowest BCUT2D eigenvalue weighted by atomic mass is 9.87. The number of nitrogens with one attached hydrogen (secondary N) is 2. The molecule has 4 amide bonds. The number of imide groups is 1. The Morgan fingerprint density at radius 3 is 2.64 bits per heavy atom. The Hall–Kier alpha value is -1.89. The molecule has 1 saturated heterocycles. The summed E-state index contributed by atoms with van der Waals surface area (Å²) in [6.45, 7) is 7.23. The van der Waals surface area contributed by atoms with Gasteiger partial charge in [-0.2, -0.15) is 0 Å². The van der Waals surface area contributed by atoms with E-state index >= 15 is 0 Å². The van der Waals surface area contributed by atoms with Crippen LogP contribution >= 0.6 is 11.3 Å². The molecular weight excluding hydrogens is 302 g/mol. The van der Waals surface area contributed by atoms with Gasteiger partial charge in [-0.1, -0.05) is 26.8 Å². The van der Waals surface area contributed by atoms with Crippen molar-refractivity contribution in [1.82, 2.24) is 15.5 Å². The Morgan fingerprint density at radius 2 is 2.14 bits per heavy atom. The van der Waals surface area contributed by atoms with Gasteiger partial charge in [-0.05, 0) is 23.8 Å². The molecule has 7 heteroatoms. The van der Waals surface area contributed by atoms with Crippen molar-refractivity contribution in [3.05, 3.63) is 22.4 Å². The Labute approximate surface area is 133 Å². The average Bonchev–Trinajstić information content (AvgIpc) is 3.01. The number of nitrogens with zero attached hydrogens (tertiary/aromatic N) is 1. The van der Waals surface area contributed by atoms with Crippen molar-refractivity contribution in [3.63, 3.8) is 0 Å². The predicted octanol–water partition coefficient (Wildman–Crippen LogP) is 1.89. The number of hydrogen-bond acceptors (Lipinski definition) is 4. The largest absolute Gasteiger partial charge is 0.347 e. The van der Waals surface area contributed by atoms with Crippen LogP contribution in [0.5, 0.6) is 0 Å². The topological polar surface area (TPSA) is 78.5 Å². The van der Waals surface area contributed by atoms with E-state index in [1.54, 1.807) is 11.3 Å². The molecular formula is C15H21N3O3S. The molecule has 2 rings (SSSR count). The van der Waals surface area contributed by atoms with E-state index < -0.39 is 12.1 Å². The summed E-state index contributed by atoms with van der Waals surface area (Å²) in [5.41, 5.74) is -0.387. The Bertz CT molecular complexity index is 577. The summed E-state index contributed by atoms with van der Waals surface area (Å²) < 4.78 is 0. The molecule has 2 unspecified atom stereocenters. The van der Waals surface area contributed by atoms with Crippen molar-refractivity contribution in [2.45, 2.75) is 39.8 Å². The minimum absolute atomic E-state index is 0.147. The molecule has 0 aliphatic carbocycles. The highest BCUT2D eigenvalue weighted by atomic mass is 32.1. The Morgan fingerprint density at radius 1 is 1.45 bits per heavy atom. The highest BCUT2D eigenvalue weighted by Crippen LogP contribution is 2.25. The highest BCUT2D eigenvalue weighted by Gasteiger charge is 2.44. The van der Waals surface area contributed by atoms with E-state index in [1.165, 1.54) is 0 Å². The zero-order valence-corrected chi connectivity index (χ0v) is 14.0. The van der Waals surface area contributed by atoms with E-state index in [4.69, 9.17) is 0 Å². The van der Waals surface area contributed by atoms with Crippen LogP contribution in [0.1, 0.15) is 38.6 Å². The molecule has 0 saturated carbocycles. The standard InChI is InChI=1S/C15H21N3O3S/c1-9(10-6-5-7-22-10)16-11(19)8-18-13(20)12(15(2,3)4)17-14(18)21/h5-7,9,12H,8H2,1-4H3,(H,16,19)(H,17,21). The maximum atomic E-state index is 12.3. The van der Waals surface area contributed by atoms with Crippen LogP contribution in [0.15, 0.2) is 17.5 Å². The number of carbonyl (C=O) groups is 3. The molecule has 1 aromatic heterocycles. The van der Waals surface area contributed by atoms with Crippen LogP contribution in [0.25, 0.3) is 0 Å². The zero-order chi connectivity index (χ0) is 16.5. The maximum Gasteiger partial charge on any atom is 0.325 e. The summed E-state index contributed by atoms with van der Waals surface area (Å²) in [6, 6.07) is 2.59. The second-order valence-corrected chi connectivity index (χ2v) is 7.46. The molecule has 22 heavy (non-hydrogen) atoms. The fraction of sp³-hybridized carbons (Fsp3) is 0.533. The van der Waals surface area contributed by atoms with E-state index in [-0.39, 0.29) is 29.8 Å². The molecule has 2 atom stereocenters.